The normalized spacial score (nSPS) is 16.9. The van der Waals surface area contributed by atoms with Gasteiger partial charge in [-0.2, -0.15) is 5.26 Å². The molecule has 0 saturated heterocycles. The minimum absolute atomic E-state index is 0.0650. The van der Waals surface area contributed by atoms with Crippen molar-refractivity contribution < 1.29 is 4.21 Å². The number of hydrogen-bond donors (Lipinski definition) is 1. The second-order valence-electron chi connectivity index (χ2n) is 5.95. The van der Waals surface area contributed by atoms with E-state index in [9.17, 15) is 4.21 Å². The molecule has 0 aromatic carbocycles. The first-order valence-corrected chi connectivity index (χ1v) is 6.29. The Kier molecular flexibility index (Phi) is 4.95. The number of nitrogens with zero attached hydrogens (tertiary/aromatic N) is 1. The SMILES string of the molecule is CC(C)(C)C[C@H](C#N)NS(=O)C(C)(C)C. The minimum Gasteiger partial charge on any atom is -0.242 e. The molecular formula is C11H22N2OS. The number of nitriles is 1. The monoisotopic (exact) mass is 230 g/mol. The number of hydrogen-bond acceptors (Lipinski definition) is 2. The van der Waals surface area contributed by atoms with E-state index in [0.29, 0.717) is 6.42 Å². The van der Waals surface area contributed by atoms with E-state index in [1.807, 2.05) is 20.8 Å². The summed E-state index contributed by atoms with van der Waals surface area (Å²) in [6.07, 6.45) is 0.700. The predicted molar refractivity (Wildman–Crippen MR) is 64.5 cm³/mol. The maximum Gasteiger partial charge on any atom is 0.107 e. The maximum absolute atomic E-state index is 11.8. The zero-order chi connectivity index (χ0) is 12.3. The average molecular weight is 230 g/mol. The molecule has 15 heavy (non-hydrogen) atoms. The van der Waals surface area contributed by atoms with Crippen LogP contribution in [0, 0.1) is 16.7 Å². The summed E-state index contributed by atoms with van der Waals surface area (Å²) in [4.78, 5) is 0. The Morgan fingerprint density at radius 1 is 1.27 bits per heavy atom. The van der Waals surface area contributed by atoms with Gasteiger partial charge in [0.2, 0.25) is 0 Å². The van der Waals surface area contributed by atoms with Gasteiger partial charge in [0.25, 0.3) is 0 Å². The fourth-order valence-corrected chi connectivity index (χ4v) is 1.78. The minimum atomic E-state index is -1.17. The van der Waals surface area contributed by atoms with E-state index >= 15 is 0 Å². The molecule has 0 aliphatic carbocycles. The van der Waals surface area contributed by atoms with Gasteiger partial charge < -0.3 is 0 Å². The molecule has 0 heterocycles. The molecule has 0 aliphatic rings. The van der Waals surface area contributed by atoms with Crippen LogP contribution >= 0.6 is 0 Å². The summed E-state index contributed by atoms with van der Waals surface area (Å²) in [6.45, 7) is 11.9. The van der Waals surface area contributed by atoms with Crippen LogP contribution in [0.4, 0.5) is 0 Å². The largest absolute Gasteiger partial charge is 0.242 e. The van der Waals surface area contributed by atoms with Crippen molar-refractivity contribution in [2.24, 2.45) is 5.41 Å². The second-order valence-corrected chi connectivity index (χ2v) is 7.94. The lowest BCUT2D eigenvalue weighted by Gasteiger charge is -2.25. The third-order valence-electron chi connectivity index (χ3n) is 1.78. The molecule has 2 atom stereocenters. The van der Waals surface area contributed by atoms with Crippen molar-refractivity contribution >= 4 is 11.0 Å². The molecular weight excluding hydrogens is 208 g/mol. The van der Waals surface area contributed by atoms with E-state index in [1.54, 1.807) is 0 Å². The Labute approximate surface area is 95.8 Å². The molecule has 0 spiro atoms. The van der Waals surface area contributed by atoms with Crippen molar-refractivity contribution in [1.29, 1.82) is 5.26 Å². The topological polar surface area (TPSA) is 52.9 Å². The Balaban J connectivity index is 4.38. The third-order valence-corrected chi connectivity index (χ3v) is 3.39. The summed E-state index contributed by atoms with van der Waals surface area (Å²) in [5, 5.41) is 8.96. The molecule has 0 rings (SSSR count). The number of rotatable bonds is 3. The predicted octanol–water partition coefficient (Wildman–Crippen LogP) is 2.37. The molecule has 1 unspecified atom stereocenters. The van der Waals surface area contributed by atoms with Crippen LogP contribution in [0.15, 0.2) is 0 Å². The molecule has 0 aromatic heterocycles. The van der Waals surface area contributed by atoms with Crippen LogP contribution in [0.2, 0.25) is 0 Å². The van der Waals surface area contributed by atoms with Crippen LogP contribution in [-0.4, -0.2) is 15.0 Å². The molecule has 0 saturated carbocycles. The lowest BCUT2D eigenvalue weighted by atomic mass is 9.89. The van der Waals surface area contributed by atoms with Crippen LogP contribution in [0.1, 0.15) is 48.0 Å². The van der Waals surface area contributed by atoms with Gasteiger partial charge in [-0.15, -0.1) is 0 Å². The first kappa shape index (κ1) is 14.6. The Bertz CT molecular complexity index is 268. The highest BCUT2D eigenvalue weighted by atomic mass is 32.2. The number of nitrogens with one attached hydrogen (secondary N) is 1. The van der Waals surface area contributed by atoms with Crippen molar-refractivity contribution in [3.05, 3.63) is 0 Å². The zero-order valence-corrected chi connectivity index (χ0v) is 11.4. The smallest absolute Gasteiger partial charge is 0.107 e. The molecule has 88 valence electrons. The van der Waals surface area contributed by atoms with E-state index in [4.69, 9.17) is 5.26 Å². The van der Waals surface area contributed by atoms with Gasteiger partial charge in [-0.1, -0.05) is 20.8 Å². The van der Waals surface area contributed by atoms with E-state index in [0.717, 1.165) is 0 Å². The van der Waals surface area contributed by atoms with Crippen molar-refractivity contribution in [3.63, 3.8) is 0 Å². The third kappa shape index (κ3) is 6.64. The summed E-state index contributed by atoms with van der Waals surface area (Å²) in [6, 6.07) is 1.81. The van der Waals surface area contributed by atoms with Crippen LogP contribution in [-0.2, 0) is 11.0 Å². The molecule has 0 aromatic rings. The lowest BCUT2D eigenvalue weighted by molar-refractivity contribution is 0.355. The fraction of sp³-hybridized carbons (Fsp3) is 0.909. The summed E-state index contributed by atoms with van der Waals surface area (Å²) in [5.41, 5.74) is 0.0650. The van der Waals surface area contributed by atoms with Crippen LogP contribution < -0.4 is 4.72 Å². The van der Waals surface area contributed by atoms with Crippen LogP contribution in [0.3, 0.4) is 0 Å². The highest BCUT2D eigenvalue weighted by molar-refractivity contribution is 7.84. The van der Waals surface area contributed by atoms with Gasteiger partial charge in [-0.25, -0.2) is 8.93 Å². The molecule has 0 fully saturated rings. The summed E-state index contributed by atoms with van der Waals surface area (Å²) in [5.74, 6) is 0. The standard InChI is InChI=1S/C11H22N2OS/c1-10(2,3)7-9(8-12)13-15(14)11(4,5)6/h9,13H,7H2,1-6H3/t9-,15?/m1/s1. The quantitative estimate of drug-likeness (QED) is 0.809. The highest BCUT2D eigenvalue weighted by Crippen LogP contribution is 2.21. The van der Waals surface area contributed by atoms with Gasteiger partial charge in [0.05, 0.1) is 21.8 Å². The van der Waals surface area contributed by atoms with E-state index in [1.165, 1.54) is 0 Å². The first-order chi connectivity index (χ1) is 6.56. The highest BCUT2D eigenvalue weighted by Gasteiger charge is 2.25. The van der Waals surface area contributed by atoms with Crippen LogP contribution in [0.5, 0.6) is 0 Å². The summed E-state index contributed by atoms with van der Waals surface area (Å²) in [7, 11) is -1.17. The lowest BCUT2D eigenvalue weighted by Crippen LogP contribution is -2.40. The Morgan fingerprint density at radius 2 is 1.73 bits per heavy atom. The molecule has 4 heteroatoms. The molecule has 0 aliphatic heterocycles. The van der Waals surface area contributed by atoms with Gasteiger partial charge in [-0.3, -0.25) is 0 Å². The zero-order valence-electron chi connectivity index (χ0n) is 10.5. The average Bonchev–Trinajstić information content (AvgIpc) is 1.98. The van der Waals surface area contributed by atoms with Crippen molar-refractivity contribution in [2.75, 3.05) is 0 Å². The first-order valence-electron chi connectivity index (χ1n) is 5.14. The molecule has 0 amide bonds. The van der Waals surface area contributed by atoms with E-state index in [2.05, 4.69) is 31.6 Å². The van der Waals surface area contributed by atoms with Crippen LogP contribution in [0.25, 0.3) is 0 Å². The second kappa shape index (κ2) is 5.09. The Morgan fingerprint density at radius 3 is 2.00 bits per heavy atom. The molecule has 3 nitrogen and oxygen atoms in total. The maximum atomic E-state index is 11.8. The van der Waals surface area contributed by atoms with Gasteiger partial charge >= 0.3 is 0 Å². The van der Waals surface area contributed by atoms with Gasteiger partial charge in [0, 0.05) is 0 Å². The molecule has 1 N–H and O–H groups in total. The Hall–Kier alpha value is -0.400. The van der Waals surface area contributed by atoms with Crippen molar-refractivity contribution in [1.82, 2.24) is 4.72 Å². The van der Waals surface area contributed by atoms with Gasteiger partial charge in [0.1, 0.15) is 6.04 Å². The molecule has 0 bridgehead atoms. The summed E-state index contributed by atoms with van der Waals surface area (Å²) < 4.78 is 14.3. The van der Waals surface area contributed by atoms with E-state index in [-0.39, 0.29) is 16.2 Å². The van der Waals surface area contributed by atoms with Gasteiger partial charge in [-0.05, 0) is 32.6 Å². The van der Waals surface area contributed by atoms with E-state index < -0.39 is 11.0 Å². The summed E-state index contributed by atoms with van der Waals surface area (Å²) >= 11 is 0. The fourth-order valence-electron chi connectivity index (χ4n) is 1.03. The van der Waals surface area contributed by atoms with Gasteiger partial charge in [0.15, 0.2) is 0 Å². The van der Waals surface area contributed by atoms with Crippen molar-refractivity contribution in [2.45, 2.75) is 58.8 Å². The van der Waals surface area contributed by atoms with Crippen molar-refractivity contribution in [3.8, 4) is 6.07 Å². The molecule has 0 radical (unpaired) electrons.